The van der Waals surface area contributed by atoms with E-state index in [1.165, 1.54) is 70.6 Å². The number of aliphatic carboxylic acids is 1. The van der Waals surface area contributed by atoms with Gasteiger partial charge in [-0.3, -0.25) is 0 Å². The average Bonchev–Trinajstić information content (AvgIpc) is 2.39. The van der Waals surface area contributed by atoms with E-state index in [0.29, 0.717) is 0 Å². The third-order valence-corrected chi connectivity index (χ3v) is 3.48. The lowest BCUT2D eigenvalue weighted by Gasteiger charge is -2.05. The van der Waals surface area contributed by atoms with Gasteiger partial charge in [0, 0.05) is 6.54 Å². The highest BCUT2D eigenvalue weighted by molar-refractivity contribution is 5.66. The first-order valence-corrected chi connectivity index (χ1v) is 8.18. The van der Waals surface area contributed by atoms with E-state index in [9.17, 15) is 9.90 Å². The van der Waals surface area contributed by atoms with Crippen molar-refractivity contribution < 1.29 is 9.90 Å². The van der Waals surface area contributed by atoms with E-state index in [4.69, 9.17) is 0 Å². The molecule has 0 amide bonds. The predicted molar refractivity (Wildman–Crippen MR) is 79.0 cm³/mol. The maximum atomic E-state index is 10.1. The van der Waals surface area contributed by atoms with Crippen LogP contribution in [-0.2, 0) is 4.79 Å². The summed E-state index contributed by atoms with van der Waals surface area (Å²) in [6.45, 7) is 3.04. The number of rotatable bonds is 15. The molecule has 114 valence electrons. The minimum Gasteiger partial charge on any atom is -0.549 e. The third-order valence-electron chi connectivity index (χ3n) is 3.48. The van der Waals surface area contributed by atoms with E-state index < -0.39 is 5.97 Å². The minimum absolute atomic E-state index is 0.0158. The van der Waals surface area contributed by atoms with Gasteiger partial charge in [-0.25, -0.2) is 0 Å². The molecule has 0 atom stereocenters. The van der Waals surface area contributed by atoms with E-state index >= 15 is 0 Å². The zero-order valence-electron chi connectivity index (χ0n) is 12.7. The monoisotopic (exact) mass is 270 g/mol. The second-order valence-electron chi connectivity index (χ2n) is 5.44. The Morgan fingerprint density at radius 3 is 1.63 bits per heavy atom. The average molecular weight is 270 g/mol. The molecule has 0 heterocycles. The molecule has 0 bridgehead atoms. The van der Waals surface area contributed by atoms with E-state index in [0.717, 1.165) is 13.0 Å². The van der Waals surface area contributed by atoms with Gasteiger partial charge in [0.25, 0.3) is 0 Å². The van der Waals surface area contributed by atoms with Crippen LogP contribution in [0.5, 0.6) is 0 Å². The van der Waals surface area contributed by atoms with Crippen LogP contribution in [-0.4, -0.2) is 19.1 Å². The number of hydrogen-bond acceptors (Lipinski definition) is 3. The minimum atomic E-state index is -1.01. The van der Waals surface area contributed by atoms with Gasteiger partial charge in [-0.05, 0) is 13.0 Å². The summed E-state index contributed by atoms with van der Waals surface area (Å²) in [7, 11) is 0. The Hall–Kier alpha value is -0.570. The van der Waals surface area contributed by atoms with Gasteiger partial charge >= 0.3 is 0 Å². The van der Waals surface area contributed by atoms with E-state index in [-0.39, 0.29) is 6.54 Å². The molecule has 3 heteroatoms. The largest absolute Gasteiger partial charge is 0.549 e. The van der Waals surface area contributed by atoms with Gasteiger partial charge in [-0.2, -0.15) is 0 Å². The molecule has 0 aliphatic heterocycles. The van der Waals surface area contributed by atoms with Crippen LogP contribution in [0.1, 0.15) is 84.0 Å². The van der Waals surface area contributed by atoms with Gasteiger partial charge in [0.2, 0.25) is 0 Å². The van der Waals surface area contributed by atoms with Crippen molar-refractivity contribution in [3.05, 3.63) is 0 Å². The summed E-state index contributed by atoms with van der Waals surface area (Å²) in [5, 5.41) is 13.0. The lowest BCUT2D eigenvalue weighted by atomic mass is 10.1. The first kappa shape index (κ1) is 18.4. The van der Waals surface area contributed by atoms with Crippen LogP contribution >= 0.6 is 0 Å². The van der Waals surface area contributed by atoms with E-state index in [1.807, 2.05) is 0 Å². The molecule has 0 rings (SSSR count). The summed E-state index contributed by atoms with van der Waals surface area (Å²) in [6.07, 6.45) is 16.0. The quantitative estimate of drug-likeness (QED) is 0.465. The fraction of sp³-hybridized carbons (Fsp3) is 0.938. The lowest BCUT2D eigenvalue weighted by molar-refractivity contribution is -0.304. The second kappa shape index (κ2) is 15.5. The molecule has 0 radical (unpaired) electrons. The molecule has 0 fully saturated rings. The molecule has 0 aromatic rings. The van der Waals surface area contributed by atoms with Crippen LogP contribution in [0.4, 0.5) is 0 Å². The molecule has 0 spiro atoms. The Bertz CT molecular complexity index is 195. The Balaban J connectivity index is 2.93. The van der Waals surface area contributed by atoms with Gasteiger partial charge in [-0.1, -0.05) is 77.6 Å². The van der Waals surface area contributed by atoms with Gasteiger partial charge in [0.15, 0.2) is 0 Å². The van der Waals surface area contributed by atoms with Crippen molar-refractivity contribution in [2.45, 2.75) is 84.0 Å². The molecule has 19 heavy (non-hydrogen) atoms. The van der Waals surface area contributed by atoms with Crippen LogP contribution < -0.4 is 10.4 Å². The van der Waals surface area contributed by atoms with Crippen molar-refractivity contribution in [3.63, 3.8) is 0 Å². The van der Waals surface area contributed by atoms with Crippen LogP contribution in [0.15, 0.2) is 0 Å². The molecule has 0 aliphatic rings. The summed E-state index contributed by atoms with van der Waals surface area (Å²) in [6, 6.07) is 0. The highest BCUT2D eigenvalue weighted by Gasteiger charge is 1.93. The maximum absolute atomic E-state index is 10.1. The topological polar surface area (TPSA) is 52.2 Å². The summed E-state index contributed by atoms with van der Waals surface area (Å²) in [5.74, 6) is -1.01. The van der Waals surface area contributed by atoms with Crippen LogP contribution in [0.2, 0.25) is 0 Å². The first-order chi connectivity index (χ1) is 9.27. The van der Waals surface area contributed by atoms with Crippen molar-refractivity contribution in [1.82, 2.24) is 5.32 Å². The highest BCUT2D eigenvalue weighted by atomic mass is 16.4. The van der Waals surface area contributed by atoms with Crippen LogP contribution in [0, 0.1) is 0 Å². The van der Waals surface area contributed by atoms with E-state index in [2.05, 4.69) is 12.2 Å². The maximum Gasteiger partial charge on any atom is 0.0552 e. The molecular formula is C16H32NO2-. The van der Waals surface area contributed by atoms with Crippen molar-refractivity contribution in [1.29, 1.82) is 0 Å². The summed E-state index contributed by atoms with van der Waals surface area (Å²) < 4.78 is 0. The normalized spacial score (nSPS) is 10.8. The smallest absolute Gasteiger partial charge is 0.0552 e. The number of carbonyl (C=O) groups is 1. The Morgan fingerprint density at radius 2 is 1.21 bits per heavy atom. The van der Waals surface area contributed by atoms with Gasteiger partial charge in [-0.15, -0.1) is 0 Å². The number of hydrogen-bond donors (Lipinski definition) is 1. The molecule has 0 unspecified atom stereocenters. The zero-order valence-corrected chi connectivity index (χ0v) is 12.7. The first-order valence-electron chi connectivity index (χ1n) is 8.18. The number of carboxylic acid groups (broad SMARTS) is 1. The van der Waals surface area contributed by atoms with Crippen LogP contribution in [0.25, 0.3) is 0 Å². The molecular weight excluding hydrogens is 238 g/mol. The third kappa shape index (κ3) is 17.4. The van der Waals surface area contributed by atoms with Gasteiger partial charge in [0.1, 0.15) is 0 Å². The fourth-order valence-corrected chi connectivity index (χ4v) is 2.28. The molecule has 0 saturated carbocycles. The second-order valence-corrected chi connectivity index (χ2v) is 5.44. The van der Waals surface area contributed by atoms with Gasteiger partial charge < -0.3 is 15.2 Å². The molecule has 3 nitrogen and oxygen atoms in total. The van der Waals surface area contributed by atoms with Crippen molar-refractivity contribution in [2.75, 3.05) is 13.1 Å². The molecule has 0 aliphatic carbocycles. The standard InChI is InChI=1S/C16H33NO2/c1-2-3-4-5-6-7-8-9-10-11-12-13-14-17-15-16(18)19/h17H,2-15H2,1H3,(H,18,19)/p-1. The highest BCUT2D eigenvalue weighted by Crippen LogP contribution is 2.11. The van der Waals surface area contributed by atoms with Crippen molar-refractivity contribution in [2.24, 2.45) is 0 Å². The molecule has 0 aromatic carbocycles. The molecule has 1 N–H and O–H groups in total. The SMILES string of the molecule is CCCCCCCCCCCCCCNCC(=O)[O-]. The zero-order chi connectivity index (χ0) is 14.2. The predicted octanol–water partition coefficient (Wildman–Crippen LogP) is 3.03. The number of carbonyl (C=O) groups excluding carboxylic acids is 1. The fourth-order valence-electron chi connectivity index (χ4n) is 2.28. The van der Waals surface area contributed by atoms with Crippen molar-refractivity contribution in [3.8, 4) is 0 Å². The lowest BCUT2D eigenvalue weighted by Crippen LogP contribution is -2.34. The summed E-state index contributed by atoms with van der Waals surface area (Å²) in [5.41, 5.74) is 0. The Morgan fingerprint density at radius 1 is 0.789 bits per heavy atom. The summed E-state index contributed by atoms with van der Waals surface area (Å²) in [4.78, 5) is 10.1. The van der Waals surface area contributed by atoms with Gasteiger partial charge in [0.05, 0.1) is 5.97 Å². The van der Waals surface area contributed by atoms with Crippen LogP contribution in [0.3, 0.4) is 0 Å². The number of carboxylic acids is 1. The Labute approximate surface area is 119 Å². The van der Waals surface area contributed by atoms with E-state index in [1.54, 1.807) is 0 Å². The molecule has 0 aromatic heterocycles. The molecule has 0 saturated heterocycles. The van der Waals surface area contributed by atoms with Crippen molar-refractivity contribution >= 4 is 5.97 Å². The Kier molecular flexibility index (Phi) is 15.0. The summed E-state index contributed by atoms with van der Waals surface area (Å²) >= 11 is 0. The number of unbranched alkanes of at least 4 members (excludes halogenated alkanes) is 11. The number of nitrogens with one attached hydrogen (secondary N) is 1.